The van der Waals surface area contributed by atoms with Crippen LogP contribution in [0.2, 0.25) is 0 Å². The average molecular weight is 206 g/mol. The fourth-order valence-electron chi connectivity index (χ4n) is 1.50. The first-order valence-corrected chi connectivity index (χ1v) is 4.92. The standard InChI is InChI=1S/C11H14N2O2/c1-3-13-7-10(6-12-13)11(2,14)9-4-5-15-8-9/h4-8,14H,3H2,1-2H3. The van der Waals surface area contributed by atoms with E-state index in [4.69, 9.17) is 4.42 Å². The first kappa shape index (κ1) is 9.98. The third kappa shape index (κ3) is 1.68. The van der Waals surface area contributed by atoms with Crippen LogP contribution < -0.4 is 0 Å². The summed E-state index contributed by atoms with van der Waals surface area (Å²) in [7, 11) is 0. The van der Waals surface area contributed by atoms with Gasteiger partial charge in [0.05, 0.1) is 18.7 Å². The molecule has 0 aromatic carbocycles. The van der Waals surface area contributed by atoms with Crippen molar-refractivity contribution < 1.29 is 9.52 Å². The first-order valence-electron chi connectivity index (χ1n) is 4.92. The molecular weight excluding hydrogens is 192 g/mol. The normalized spacial score (nSPS) is 15.1. The Bertz CT molecular complexity index is 429. The molecule has 0 aliphatic carbocycles. The maximum atomic E-state index is 10.3. The summed E-state index contributed by atoms with van der Waals surface area (Å²) in [4.78, 5) is 0. The lowest BCUT2D eigenvalue weighted by Gasteiger charge is -2.19. The highest BCUT2D eigenvalue weighted by Gasteiger charge is 2.28. The Morgan fingerprint density at radius 2 is 2.33 bits per heavy atom. The fourth-order valence-corrected chi connectivity index (χ4v) is 1.50. The summed E-state index contributed by atoms with van der Waals surface area (Å²) >= 11 is 0. The molecule has 2 heterocycles. The maximum Gasteiger partial charge on any atom is 0.118 e. The maximum absolute atomic E-state index is 10.3. The Balaban J connectivity index is 2.37. The van der Waals surface area contributed by atoms with Gasteiger partial charge in [-0.25, -0.2) is 0 Å². The molecule has 2 aromatic heterocycles. The van der Waals surface area contributed by atoms with Crippen molar-refractivity contribution in [2.24, 2.45) is 0 Å². The van der Waals surface area contributed by atoms with E-state index in [9.17, 15) is 5.11 Å². The summed E-state index contributed by atoms with van der Waals surface area (Å²) in [6, 6.07) is 1.75. The molecule has 2 aromatic rings. The highest BCUT2D eigenvalue weighted by Crippen LogP contribution is 2.28. The summed E-state index contributed by atoms with van der Waals surface area (Å²) in [5.74, 6) is 0. The summed E-state index contributed by atoms with van der Waals surface area (Å²) in [5, 5.41) is 14.5. The number of rotatable bonds is 3. The van der Waals surface area contributed by atoms with Crippen molar-refractivity contribution in [1.29, 1.82) is 0 Å². The van der Waals surface area contributed by atoms with Crippen molar-refractivity contribution in [3.63, 3.8) is 0 Å². The van der Waals surface area contributed by atoms with Crippen LogP contribution in [0.5, 0.6) is 0 Å². The monoisotopic (exact) mass is 206 g/mol. The fraction of sp³-hybridized carbons (Fsp3) is 0.364. The zero-order valence-electron chi connectivity index (χ0n) is 8.84. The van der Waals surface area contributed by atoms with E-state index < -0.39 is 5.60 Å². The van der Waals surface area contributed by atoms with Crippen LogP contribution in [-0.4, -0.2) is 14.9 Å². The molecule has 4 heteroatoms. The van der Waals surface area contributed by atoms with E-state index in [0.29, 0.717) is 0 Å². The topological polar surface area (TPSA) is 51.2 Å². The van der Waals surface area contributed by atoms with Crippen LogP contribution in [0, 0.1) is 0 Å². The lowest BCUT2D eigenvalue weighted by atomic mass is 9.93. The molecule has 4 nitrogen and oxygen atoms in total. The number of aryl methyl sites for hydroxylation is 1. The van der Waals surface area contributed by atoms with Gasteiger partial charge < -0.3 is 9.52 Å². The van der Waals surface area contributed by atoms with Gasteiger partial charge >= 0.3 is 0 Å². The van der Waals surface area contributed by atoms with Crippen LogP contribution in [0.4, 0.5) is 0 Å². The highest BCUT2D eigenvalue weighted by molar-refractivity contribution is 5.29. The second-order valence-electron chi connectivity index (χ2n) is 3.67. The number of furan rings is 1. The number of hydrogen-bond donors (Lipinski definition) is 1. The molecule has 80 valence electrons. The van der Waals surface area contributed by atoms with Crippen LogP contribution >= 0.6 is 0 Å². The molecule has 2 rings (SSSR count). The lowest BCUT2D eigenvalue weighted by Crippen LogP contribution is -2.21. The first-order chi connectivity index (χ1) is 7.14. The minimum atomic E-state index is -1.04. The second-order valence-corrected chi connectivity index (χ2v) is 3.67. The van der Waals surface area contributed by atoms with Gasteiger partial charge in [-0.2, -0.15) is 5.10 Å². The second kappa shape index (κ2) is 3.55. The molecule has 0 saturated carbocycles. The van der Waals surface area contributed by atoms with E-state index in [1.54, 1.807) is 36.4 Å². The predicted molar refractivity (Wildman–Crippen MR) is 55.3 cm³/mol. The summed E-state index contributed by atoms with van der Waals surface area (Å²) in [6.45, 7) is 4.53. The van der Waals surface area contributed by atoms with Crippen LogP contribution in [0.15, 0.2) is 35.4 Å². The average Bonchev–Trinajstić information content (AvgIpc) is 2.89. The van der Waals surface area contributed by atoms with Gasteiger partial charge in [-0.3, -0.25) is 4.68 Å². The van der Waals surface area contributed by atoms with Crippen molar-refractivity contribution in [2.45, 2.75) is 26.0 Å². The highest BCUT2D eigenvalue weighted by atomic mass is 16.3. The molecule has 0 fully saturated rings. The van der Waals surface area contributed by atoms with Gasteiger partial charge in [0.1, 0.15) is 5.60 Å². The molecule has 0 radical (unpaired) electrons. The Morgan fingerprint density at radius 3 is 2.87 bits per heavy atom. The van der Waals surface area contributed by atoms with Crippen molar-refractivity contribution in [3.8, 4) is 0 Å². The van der Waals surface area contributed by atoms with E-state index in [0.717, 1.165) is 17.7 Å². The van der Waals surface area contributed by atoms with E-state index in [1.165, 1.54) is 0 Å². The Kier molecular flexibility index (Phi) is 2.36. The Labute approximate surface area is 88.1 Å². The van der Waals surface area contributed by atoms with Gasteiger partial charge in [-0.1, -0.05) is 0 Å². The van der Waals surface area contributed by atoms with Crippen molar-refractivity contribution in [3.05, 3.63) is 42.1 Å². The molecule has 0 saturated heterocycles. The van der Waals surface area contributed by atoms with Gasteiger partial charge in [0.2, 0.25) is 0 Å². The zero-order chi connectivity index (χ0) is 10.9. The number of hydrogen-bond acceptors (Lipinski definition) is 3. The summed E-state index contributed by atoms with van der Waals surface area (Å²) < 4.78 is 6.75. The minimum Gasteiger partial charge on any atom is -0.472 e. The summed E-state index contributed by atoms with van der Waals surface area (Å²) in [5.41, 5.74) is 0.462. The molecular formula is C11H14N2O2. The van der Waals surface area contributed by atoms with Crippen molar-refractivity contribution in [1.82, 2.24) is 9.78 Å². The SMILES string of the molecule is CCn1cc(C(C)(O)c2ccoc2)cn1. The number of aliphatic hydroxyl groups is 1. The van der Waals surface area contributed by atoms with E-state index in [2.05, 4.69) is 5.10 Å². The Hall–Kier alpha value is -1.55. The van der Waals surface area contributed by atoms with Crippen LogP contribution in [0.3, 0.4) is 0 Å². The lowest BCUT2D eigenvalue weighted by molar-refractivity contribution is 0.101. The largest absolute Gasteiger partial charge is 0.472 e. The van der Waals surface area contributed by atoms with Crippen molar-refractivity contribution >= 4 is 0 Å². The van der Waals surface area contributed by atoms with E-state index in [1.807, 2.05) is 13.1 Å². The number of aromatic nitrogens is 2. The minimum absolute atomic E-state index is 0.734. The van der Waals surface area contributed by atoms with Gasteiger partial charge in [-0.15, -0.1) is 0 Å². The van der Waals surface area contributed by atoms with Gasteiger partial charge in [0.25, 0.3) is 0 Å². The molecule has 1 unspecified atom stereocenters. The molecule has 15 heavy (non-hydrogen) atoms. The quantitative estimate of drug-likeness (QED) is 0.832. The molecule has 0 aliphatic rings. The molecule has 1 N–H and O–H groups in total. The molecule has 0 amide bonds. The summed E-state index contributed by atoms with van der Waals surface area (Å²) in [6.07, 6.45) is 6.61. The predicted octanol–water partition coefficient (Wildman–Crippen LogP) is 1.75. The van der Waals surface area contributed by atoms with Crippen LogP contribution in [0.25, 0.3) is 0 Å². The van der Waals surface area contributed by atoms with Gasteiger partial charge in [0.15, 0.2) is 0 Å². The molecule has 1 atom stereocenters. The Morgan fingerprint density at radius 1 is 1.53 bits per heavy atom. The van der Waals surface area contributed by atoms with E-state index >= 15 is 0 Å². The van der Waals surface area contributed by atoms with Crippen molar-refractivity contribution in [2.75, 3.05) is 0 Å². The third-order valence-corrected chi connectivity index (χ3v) is 2.60. The smallest absolute Gasteiger partial charge is 0.118 e. The van der Waals surface area contributed by atoms with Gasteiger partial charge in [0, 0.05) is 23.9 Å². The zero-order valence-corrected chi connectivity index (χ0v) is 8.84. The molecule has 0 spiro atoms. The third-order valence-electron chi connectivity index (χ3n) is 2.60. The van der Waals surface area contributed by atoms with Gasteiger partial charge in [-0.05, 0) is 19.9 Å². The van der Waals surface area contributed by atoms with Crippen LogP contribution in [0.1, 0.15) is 25.0 Å². The van der Waals surface area contributed by atoms with Crippen LogP contribution in [-0.2, 0) is 12.1 Å². The van der Waals surface area contributed by atoms with E-state index in [-0.39, 0.29) is 0 Å². The number of nitrogens with zero attached hydrogens (tertiary/aromatic N) is 2. The molecule has 0 bridgehead atoms. The molecule has 0 aliphatic heterocycles.